The van der Waals surface area contributed by atoms with Crippen molar-refractivity contribution in [2.24, 2.45) is 10.8 Å². The molecule has 1 aromatic heterocycles. The molecule has 4 aromatic rings. The molecular formula is C31H27ClKN5O. The molecule has 2 N–H and O–H groups in total. The number of halogens is 1. The van der Waals surface area contributed by atoms with Gasteiger partial charge in [-0.1, -0.05) is 66.2 Å². The predicted octanol–water partition coefficient (Wildman–Crippen LogP) is 4.44. The number of hydrazone groups is 1. The Morgan fingerprint density at radius 1 is 1.00 bits per heavy atom. The van der Waals surface area contributed by atoms with Gasteiger partial charge in [0.15, 0.2) is 6.29 Å². The summed E-state index contributed by atoms with van der Waals surface area (Å²) in [4.78, 5) is 15.6. The topological polar surface area (TPSA) is 85.7 Å². The molecule has 0 spiro atoms. The molecule has 0 aliphatic heterocycles. The van der Waals surface area contributed by atoms with E-state index >= 15 is 0 Å². The van der Waals surface area contributed by atoms with Crippen LogP contribution in [-0.4, -0.2) is 24.0 Å². The first-order valence-corrected chi connectivity index (χ1v) is 12.9. The molecule has 0 saturated heterocycles. The molecule has 3 aromatic carbocycles. The van der Waals surface area contributed by atoms with E-state index < -0.39 is 0 Å². The molecule has 39 heavy (non-hydrogen) atoms. The largest absolute Gasteiger partial charge is 1.00 e. The predicted molar refractivity (Wildman–Crippen MR) is 156 cm³/mol. The molecule has 0 fully saturated rings. The van der Waals surface area contributed by atoms with Crippen LogP contribution >= 0.6 is 11.6 Å². The van der Waals surface area contributed by atoms with E-state index in [1.807, 2.05) is 77.9 Å². The number of nitrogens with two attached hydrogens (primary N) is 1. The van der Waals surface area contributed by atoms with Crippen LogP contribution in [0.2, 0.25) is 5.02 Å². The van der Waals surface area contributed by atoms with Gasteiger partial charge in [0.1, 0.15) is 0 Å². The van der Waals surface area contributed by atoms with Crippen molar-refractivity contribution in [1.82, 2.24) is 4.98 Å². The van der Waals surface area contributed by atoms with Crippen LogP contribution in [0.15, 0.2) is 102 Å². The van der Waals surface area contributed by atoms with Crippen LogP contribution in [0.4, 0.5) is 17.1 Å². The van der Waals surface area contributed by atoms with Crippen molar-refractivity contribution in [1.29, 1.82) is 0 Å². The summed E-state index contributed by atoms with van der Waals surface area (Å²) in [6.07, 6.45) is 8.03. The maximum Gasteiger partial charge on any atom is 1.00 e. The zero-order valence-electron chi connectivity index (χ0n) is 21.8. The number of aldehydes is 1. The first kappa shape index (κ1) is 29.4. The number of fused-ring (bicyclic) bond motifs is 1. The van der Waals surface area contributed by atoms with Gasteiger partial charge < -0.3 is 11.1 Å². The Balaban J connectivity index is 0.00000353. The molecule has 1 aliphatic carbocycles. The second kappa shape index (κ2) is 14.1. The van der Waals surface area contributed by atoms with E-state index in [9.17, 15) is 4.79 Å². The first-order valence-electron chi connectivity index (χ1n) is 12.5. The van der Waals surface area contributed by atoms with Gasteiger partial charge in [-0.3, -0.25) is 9.78 Å². The number of carbonyl (C=O) groups is 1. The zero-order chi connectivity index (χ0) is 26.3. The number of aromatic nitrogens is 1. The number of aryl methyl sites for hydroxylation is 1. The van der Waals surface area contributed by atoms with Gasteiger partial charge >= 0.3 is 51.4 Å². The molecule has 1 heterocycles. The van der Waals surface area contributed by atoms with Gasteiger partial charge in [-0.05, 0) is 72.3 Å². The van der Waals surface area contributed by atoms with Gasteiger partial charge in [-0.15, -0.1) is 11.4 Å². The Bertz CT molecular complexity index is 1490. The average molecular weight is 560 g/mol. The first-order chi connectivity index (χ1) is 18.7. The molecule has 0 saturated carbocycles. The third kappa shape index (κ3) is 6.94. The maximum absolute atomic E-state index is 11.4. The van der Waals surface area contributed by atoms with Crippen LogP contribution in [0.1, 0.15) is 24.0 Å². The molecule has 190 valence electrons. The second-order valence-electron chi connectivity index (χ2n) is 8.90. The van der Waals surface area contributed by atoms with Crippen molar-refractivity contribution in [2.75, 3.05) is 11.6 Å². The summed E-state index contributed by atoms with van der Waals surface area (Å²) in [6, 6.07) is 25.7. The fourth-order valence-corrected chi connectivity index (χ4v) is 4.88. The summed E-state index contributed by atoms with van der Waals surface area (Å²) in [5, 5.41) is 11.8. The molecule has 0 radical (unpaired) electrons. The van der Waals surface area contributed by atoms with E-state index in [0.29, 0.717) is 23.5 Å². The average Bonchev–Trinajstić information content (AvgIpc) is 2.96. The second-order valence-corrected chi connectivity index (χ2v) is 9.30. The van der Waals surface area contributed by atoms with E-state index in [4.69, 9.17) is 22.7 Å². The van der Waals surface area contributed by atoms with Crippen LogP contribution in [0.25, 0.3) is 22.1 Å². The molecule has 0 atom stereocenters. The molecule has 1 aliphatic rings. The minimum Gasteiger partial charge on any atom is -0.657 e. The van der Waals surface area contributed by atoms with Crippen molar-refractivity contribution in [3.63, 3.8) is 0 Å². The molecule has 0 unspecified atom stereocenters. The number of rotatable bonds is 9. The number of pyridine rings is 1. The Morgan fingerprint density at radius 3 is 2.54 bits per heavy atom. The number of anilines is 1. The minimum absolute atomic E-state index is 0. The molecule has 0 bridgehead atoms. The summed E-state index contributed by atoms with van der Waals surface area (Å²) in [5.41, 5.74) is 14.8. The zero-order valence-corrected chi connectivity index (χ0v) is 25.7. The van der Waals surface area contributed by atoms with Crippen molar-refractivity contribution < 1.29 is 56.2 Å². The fourth-order valence-electron chi connectivity index (χ4n) is 4.71. The normalized spacial score (nSPS) is 12.6. The van der Waals surface area contributed by atoms with Gasteiger partial charge in [0, 0.05) is 23.0 Å². The Morgan fingerprint density at radius 2 is 1.82 bits per heavy atom. The molecule has 5 rings (SSSR count). The molecule has 8 heteroatoms. The van der Waals surface area contributed by atoms with Crippen LogP contribution < -0.4 is 62.1 Å². The Hall–Kier alpha value is -2.62. The summed E-state index contributed by atoms with van der Waals surface area (Å²) >= 11 is 6.37. The standard InChI is InChI=1S/C31H27ClN5O.K/c32-29-5-1-2-6-30(29)36-26-12-9-23-7-8-24(15-16-33)31(28(23)20-26)37(35-18-19-38)27-13-10-22(11-14-27)25-4-3-17-34-21-25;/h1-6,9-14,17-21H,7-8,15-16,33H2;/q-1;+1/b35-18+;. The maximum atomic E-state index is 11.4. The van der Waals surface area contributed by atoms with Gasteiger partial charge in [0.25, 0.3) is 0 Å². The van der Waals surface area contributed by atoms with E-state index in [1.165, 1.54) is 17.4 Å². The van der Waals surface area contributed by atoms with E-state index in [0.717, 1.165) is 53.0 Å². The SMILES string of the molecule is NCCC1=C(N(/N=C/C=O)c2ccc(-c3cccnc3)cc2)c2cc([N-]c3ccccc3Cl)ccc2CC1.[K+]. The number of benzene rings is 3. The van der Waals surface area contributed by atoms with Crippen LogP contribution in [0, 0.1) is 0 Å². The summed E-state index contributed by atoms with van der Waals surface area (Å²) in [7, 11) is 0. The fraction of sp³-hybridized carbons (Fsp3) is 0.129. The smallest absolute Gasteiger partial charge is 0.657 e. The number of nitrogens with zero attached hydrogens (tertiary/aromatic N) is 4. The van der Waals surface area contributed by atoms with Gasteiger partial charge in [0.2, 0.25) is 0 Å². The third-order valence-electron chi connectivity index (χ3n) is 6.49. The van der Waals surface area contributed by atoms with Crippen LogP contribution in [0.3, 0.4) is 0 Å². The summed E-state index contributed by atoms with van der Waals surface area (Å²) in [5.74, 6) is 0. The van der Waals surface area contributed by atoms with Crippen molar-refractivity contribution in [3.05, 3.63) is 118 Å². The summed E-state index contributed by atoms with van der Waals surface area (Å²) < 4.78 is 0. The minimum atomic E-state index is 0. The van der Waals surface area contributed by atoms with E-state index in [-0.39, 0.29) is 51.4 Å². The van der Waals surface area contributed by atoms with Gasteiger partial charge in [-0.2, -0.15) is 5.10 Å². The Kier molecular flexibility index (Phi) is 10.6. The number of para-hydroxylation sites is 1. The monoisotopic (exact) mass is 559 g/mol. The van der Waals surface area contributed by atoms with Gasteiger partial charge in [-0.25, -0.2) is 5.01 Å². The molecular weight excluding hydrogens is 533 g/mol. The number of hydrogen-bond acceptors (Lipinski definition) is 5. The van der Waals surface area contributed by atoms with E-state index in [2.05, 4.69) is 22.2 Å². The third-order valence-corrected chi connectivity index (χ3v) is 6.81. The Labute approximate surface area is 276 Å². The van der Waals surface area contributed by atoms with Crippen molar-refractivity contribution >= 4 is 46.9 Å². The van der Waals surface area contributed by atoms with Crippen molar-refractivity contribution in [2.45, 2.75) is 19.3 Å². The van der Waals surface area contributed by atoms with E-state index in [1.54, 1.807) is 6.20 Å². The van der Waals surface area contributed by atoms with Crippen LogP contribution in [-0.2, 0) is 11.2 Å². The number of hydrogen-bond donors (Lipinski definition) is 1. The summed E-state index contributed by atoms with van der Waals surface area (Å²) in [6.45, 7) is 0.517. The quantitative estimate of drug-likeness (QED) is 0.142. The van der Waals surface area contributed by atoms with Crippen molar-refractivity contribution in [3.8, 4) is 11.1 Å². The molecule has 6 nitrogen and oxygen atoms in total. The number of carbonyl (C=O) groups excluding carboxylic acids is 1. The molecule has 0 amide bonds. The van der Waals surface area contributed by atoms with Gasteiger partial charge in [0.05, 0.1) is 17.6 Å². The van der Waals surface area contributed by atoms with Crippen LogP contribution in [0.5, 0.6) is 0 Å².